The fourth-order valence-corrected chi connectivity index (χ4v) is 3.55. The molecule has 0 bridgehead atoms. The van der Waals surface area contributed by atoms with Crippen molar-refractivity contribution in [3.63, 3.8) is 0 Å². The van der Waals surface area contributed by atoms with Gasteiger partial charge in [0.25, 0.3) is 5.91 Å². The highest BCUT2D eigenvalue weighted by atomic mass is 19.4. The smallest absolute Gasteiger partial charge is 0.358 e. The number of fused-ring (bicyclic) bond motifs is 1. The molecule has 0 saturated heterocycles. The fourth-order valence-electron chi connectivity index (χ4n) is 3.55. The number of allylic oxidation sites excluding steroid dienone is 3. The molecule has 2 aliphatic heterocycles. The monoisotopic (exact) mass is 478 g/mol. The zero-order valence-electron chi connectivity index (χ0n) is 17.4. The number of aliphatic imine (C=N–C) groups is 2. The van der Waals surface area contributed by atoms with Crippen LogP contribution in [0.4, 0.5) is 37.7 Å². The summed E-state index contributed by atoms with van der Waals surface area (Å²) in [4.78, 5) is 22.7. The quantitative estimate of drug-likeness (QED) is 0.555. The summed E-state index contributed by atoms with van der Waals surface area (Å²) < 4.78 is 81.0. The molecule has 5 nitrogen and oxygen atoms in total. The summed E-state index contributed by atoms with van der Waals surface area (Å²) in [5.41, 5.74) is -3.12. The second kappa shape index (κ2) is 8.47. The Balaban J connectivity index is 1.87. The van der Waals surface area contributed by atoms with Gasteiger partial charge < -0.3 is 5.32 Å². The molecule has 0 spiro atoms. The number of hydrogen-bond acceptors (Lipinski definition) is 4. The minimum atomic E-state index is -4.76. The van der Waals surface area contributed by atoms with Crippen LogP contribution in [0.5, 0.6) is 0 Å². The number of carbonyl (C=O) groups is 1. The number of hydrogen-bond donors (Lipinski definition) is 1. The van der Waals surface area contributed by atoms with E-state index >= 15 is 0 Å². The topological polar surface area (TPSA) is 57.1 Å². The predicted molar refractivity (Wildman–Crippen MR) is 115 cm³/mol. The lowest BCUT2D eigenvalue weighted by molar-refractivity contribution is -0.137. The summed E-state index contributed by atoms with van der Waals surface area (Å²) in [6.07, 6.45) is -6.30. The minimum absolute atomic E-state index is 0.120. The van der Waals surface area contributed by atoms with Crippen molar-refractivity contribution >= 4 is 28.8 Å². The van der Waals surface area contributed by atoms with Crippen LogP contribution in [0.2, 0.25) is 0 Å². The number of anilines is 1. The summed E-state index contributed by atoms with van der Waals surface area (Å²) >= 11 is 0. The Bertz CT molecular complexity index is 1260. The van der Waals surface area contributed by atoms with Gasteiger partial charge in [0.05, 0.1) is 16.8 Å². The van der Waals surface area contributed by atoms with Gasteiger partial charge in [0.15, 0.2) is 11.9 Å². The lowest BCUT2D eigenvalue weighted by Crippen LogP contribution is -2.51. The molecule has 4 rings (SSSR count). The van der Waals surface area contributed by atoms with Crippen molar-refractivity contribution in [3.8, 4) is 0 Å². The predicted octanol–water partition coefficient (Wildman–Crippen LogP) is 5.95. The first-order valence-corrected chi connectivity index (χ1v) is 9.91. The van der Waals surface area contributed by atoms with Crippen LogP contribution in [0.15, 0.2) is 82.4 Å². The number of nitrogens with zero attached hydrogens (tertiary/aromatic N) is 3. The van der Waals surface area contributed by atoms with Crippen LogP contribution in [0, 0.1) is 0 Å². The molecule has 2 aliphatic rings. The van der Waals surface area contributed by atoms with Crippen molar-refractivity contribution in [1.82, 2.24) is 4.90 Å². The van der Waals surface area contributed by atoms with Gasteiger partial charge in [-0.25, -0.2) is 9.98 Å². The molecule has 0 radical (unpaired) electrons. The van der Waals surface area contributed by atoms with E-state index in [1.165, 1.54) is 30.3 Å². The number of alkyl halides is 6. The van der Waals surface area contributed by atoms with Crippen molar-refractivity contribution in [1.29, 1.82) is 0 Å². The Morgan fingerprint density at radius 3 is 2.24 bits per heavy atom. The van der Waals surface area contributed by atoms with Crippen LogP contribution in [-0.2, 0) is 17.1 Å². The van der Waals surface area contributed by atoms with E-state index in [-0.39, 0.29) is 5.84 Å². The Morgan fingerprint density at radius 1 is 0.941 bits per heavy atom. The molecule has 2 heterocycles. The summed E-state index contributed by atoms with van der Waals surface area (Å²) in [6, 6.07) is 8.89. The number of para-hydroxylation sites is 2. The SMILES string of the molecule is CC1=CC=CC2=NC(Nc3ccccc3C(F)(F)F)C(=Nc3ccccc3C(F)(F)F)C(=O)N12. The maximum atomic E-state index is 13.5. The number of carbonyl (C=O) groups excluding carboxylic acids is 1. The van der Waals surface area contributed by atoms with Gasteiger partial charge in [-0.2, -0.15) is 26.3 Å². The van der Waals surface area contributed by atoms with Gasteiger partial charge in [0, 0.05) is 11.4 Å². The van der Waals surface area contributed by atoms with Gasteiger partial charge in [-0.05, 0) is 43.3 Å². The van der Waals surface area contributed by atoms with Crippen LogP contribution in [0.25, 0.3) is 0 Å². The van der Waals surface area contributed by atoms with Crippen LogP contribution in [0.1, 0.15) is 18.1 Å². The van der Waals surface area contributed by atoms with E-state index in [2.05, 4.69) is 15.3 Å². The highest BCUT2D eigenvalue weighted by Crippen LogP contribution is 2.38. The van der Waals surface area contributed by atoms with Gasteiger partial charge in [0.2, 0.25) is 0 Å². The van der Waals surface area contributed by atoms with Gasteiger partial charge in [0.1, 0.15) is 5.84 Å². The van der Waals surface area contributed by atoms with Crippen LogP contribution < -0.4 is 5.32 Å². The standard InChI is InChI=1S/C23H16F6N4O/c1-13-7-6-12-18-32-20(31-17-11-5-3-9-15(17)23(27,28)29)19(21(34)33(13)18)30-16-10-4-2-8-14(16)22(24,25)26/h2-12,20,31H,1H3. The molecule has 0 aliphatic carbocycles. The Morgan fingerprint density at radius 2 is 1.56 bits per heavy atom. The van der Waals surface area contributed by atoms with E-state index in [1.807, 2.05) is 0 Å². The molecule has 34 heavy (non-hydrogen) atoms. The fraction of sp³-hybridized carbons (Fsp3) is 0.174. The van der Waals surface area contributed by atoms with E-state index in [1.54, 1.807) is 19.1 Å². The highest BCUT2D eigenvalue weighted by molar-refractivity contribution is 6.46. The highest BCUT2D eigenvalue weighted by Gasteiger charge is 2.40. The van der Waals surface area contributed by atoms with E-state index in [0.29, 0.717) is 5.70 Å². The van der Waals surface area contributed by atoms with Gasteiger partial charge in [-0.1, -0.05) is 30.3 Å². The molecular weight excluding hydrogens is 462 g/mol. The largest absolute Gasteiger partial charge is 0.418 e. The lowest BCUT2D eigenvalue weighted by Gasteiger charge is -2.33. The average Bonchev–Trinajstić information content (AvgIpc) is 2.75. The van der Waals surface area contributed by atoms with E-state index in [0.717, 1.165) is 29.2 Å². The maximum Gasteiger partial charge on any atom is 0.418 e. The number of nitrogens with one attached hydrogen (secondary N) is 1. The molecular formula is C23H16F6N4O. The molecule has 0 fully saturated rings. The minimum Gasteiger partial charge on any atom is -0.358 e. The summed E-state index contributed by atoms with van der Waals surface area (Å²) in [5.74, 6) is -0.683. The van der Waals surface area contributed by atoms with Crippen molar-refractivity contribution < 1.29 is 31.1 Å². The molecule has 176 valence electrons. The average molecular weight is 478 g/mol. The second-order valence-electron chi connectivity index (χ2n) is 7.40. The molecule has 0 aromatic heterocycles. The zero-order valence-corrected chi connectivity index (χ0v) is 17.4. The third-order valence-corrected chi connectivity index (χ3v) is 5.08. The number of rotatable bonds is 3. The molecule has 1 N–H and O–H groups in total. The Labute approximate surface area is 189 Å². The molecule has 2 aromatic rings. The Hall–Kier alpha value is -3.89. The Kier molecular flexibility index (Phi) is 5.80. The molecule has 0 saturated carbocycles. The maximum absolute atomic E-state index is 13.5. The lowest BCUT2D eigenvalue weighted by atomic mass is 10.1. The second-order valence-corrected chi connectivity index (χ2v) is 7.40. The summed E-state index contributed by atoms with van der Waals surface area (Å²) in [6.45, 7) is 1.59. The summed E-state index contributed by atoms with van der Waals surface area (Å²) in [5, 5.41) is 2.54. The number of benzene rings is 2. The van der Waals surface area contributed by atoms with E-state index < -0.39 is 52.6 Å². The van der Waals surface area contributed by atoms with E-state index in [4.69, 9.17) is 0 Å². The van der Waals surface area contributed by atoms with Crippen molar-refractivity contribution in [2.75, 3.05) is 5.32 Å². The van der Waals surface area contributed by atoms with Gasteiger partial charge in [-0.15, -0.1) is 0 Å². The zero-order chi connectivity index (χ0) is 24.7. The number of amides is 1. The third-order valence-electron chi connectivity index (χ3n) is 5.08. The van der Waals surface area contributed by atoms with Crippen molar-refractivity contribution in [2.24, 2.45) is 9.98 Å². The van der Waals surface area contributed by atoms with Crippen molar-refractivity contribution in [2.45, 2.75) is 25.4 Å². The van der Waals surface area contributed by atoms with Crippen molar-refractivity contribution in [3.05, 3.63) is 83.6 Å². The first-order chi connectivity index (χ1) is 16.0. The number of amidine groups is 1. The first kappa shape index (κ1) is 23.3. The van der Waals surface area contributed by atoms with Crippen LogP contribution in [-0.4, -0.2) is 28.5 Å². The van der Waals surface area contributed by atoms with Crippen LogP contribution in [0.3, 0.4) is 0 Å². The first-order valence-electron chi connectivity index (χ1n) is 9.91. The summed E-state index contributed by atoms with van der Waals surface area (Å²) in [7, 11) is 0. The number of halogens is 6. The van der Waals surface area contributed by atoms with Crippen LogP contribution >= 0.6 is 0 Å². The van der Waals surface area contributed by atoms with Gasteiger partial charge in [-0.3, -0.25) is 9.69 Å². The molecule has 1 atom stereocenters. The molecule has 11 heteroatoms. The van der Waals surface area contributed by atoms with E-state index in [9.17, 15) is 31.1 Å². The molecule has 1 amide bonds. The van der Waals surface area contributed by atoms with Gasteiger partial charge >= 0.3 is 12.4 Å². The third kappa shape index (κ3) is 4.45. The molecule has 2 aromatic carbocycles. The molecule has 1 unspecified atom stereocenters. The normalized spacial score (nSPS) is 19.6.